The molecule has 1 unspecified atom stereocenters. The van der Waals surface area contributed by atoms with E-state index in [1.54, 1.807) is 0 Å². The van der Waals surface area contributed by atoms with Crippen molar-refractivity contribution in [3.63, 3.8) is 0 Å². The zero-order chi connectivity index (χ0) is 32.5. The lowest BCUT2D eigenvalue weighted by atomic mass is 9.71. The summed E-state index contributed by atoms with van der Waals surface area (Å²) in [4.78, 5) is 19.3. The molecule has 3 aromatic carbocycles. The minimum atomic E-state index is -4.50. The molecule has 1 atom stereocenters. The molecule has 12 heteroatoms. The Balaban J connectivity index is 1.67. The van der Waals surface area contributed by atoms with Crippen molar-refractivity contribution in [2.75, 3.05) is 51.2 Å². The summed E-state index contributed by atoms with van der Waals surface area (Å²) in [7, 11) is -1.04. The van der Waals surface area contributed by atoms with Crippen LogP contribution in [-0.4, -0.2) is 82.2 Å². The van der Waals surface area contributed by atoms with Crippen LogP contribution in [0, 0.1) is 5.82 Å². The second kappa shape index (κ2) is 13.3. The van der Waals surface area contributed by atoms with E-state index < -0.39 is 27.2 Å². The summed E-state index contributed by atoms with van der Waals surface area (Å²) in [6, 6.07) is 12.8. The monoisotopic (exact) mass is 659 g/mol. The van der Waals surface area contributed by atoms with E-state index in [0.717, 1.165) is 30.5 Å². The Bertz CT molecular complexity index is 1660. The minimum absolute atomic E-state index is 0.0155. The molecule has 45 heavy (non-hydrogen) atoms. The average Bonchev–Trinajstić information content (AvgIpc) is 3.25. The molecule has 0 spiro atoms. The van der Waals surface area contributed by atoms with Gasteiger partial charge in [-0.15, -0.1) is 0 Å². The van der Waals surface area contributed by atoms with Crippen LogP contribution >= 0.6 is 11.6 Å². The number of carbonyl (C=O) groups excluding carboxylic acids is 1. The third-order valence-electron chi connectivity index (χ3n) is 8.53. The summed E-state index contributed by atoms with van der Waals surface area (Å²) in [6.07, 6.45) is 0.455. The highest BCUT2D eigenvalue weighted by molar-refractivity contribution is 7.93. The first-order valence-corrected chi connectivity index (χ1v) is 16.8. The summed E-state index contributed by atoms with van der Waals surface area (Å²) >= 11 is 6.61. The standard InChI is InChI=1S/C33H39ClFN3O6S/c1-22(2)44-24-7-9-25(10-8-24)45(41,42)38-30-20-31(43-4)28(34)19-27(30)33(32(38)40,26-18-23(21-39)6-11-29(26)35)12-5-13-37-16-14-36(3)15-17-37/h6-11,18-20,22,39H,5,12-17,21H2,1-4H3. The fraction of sp³-hybridized carbons (Fsp3) is 0.424. The van der Waals surface area contributed by atoms with Crippen LogP contribution in [0.4, 0.5) is 10.1 Å². The number of halogens is 2. The number of methoxy groups -OCH3 is 1. The summed E-state index contributed by atoms with van der Waals surface area (Å²) in [6.45, 7) is 7.47. The van der Waals surface area contributed by atoms with Crippen LogP contribution in [0.25, 0.3) is 0 Å². The second-order valence-electron chi connectivity index (χ2n) is 11.8. The van der Waals surface area contributed by atoms with Crippen molar-refractivity contribution in [2.24, 2.45) is 0 Å². The fourth-order valence-corrected chi connectivity index (χ4v) is 7.90. The van der Waals surface area contributed by atoms with Crippen LogP contribution in [0.5, 0.6) is 11.5 Å². The van der Waals surface area contributed by atoms with E-state index in [0.29, 0.717) is 24.3 Å². The third-order valence-corrected chi connectivity index (χ3v) is 10.5. The van der Waals surface area contributed by atoms with Gasteiger partial charge in [-0.2, -0.15) is 0 Å². The van der Waals surface area contributed by atoms with Crippen LogP contribution in [0.15, 0.2) is 59.5 Å². The van der Waals surface area contributed by atoms with Gasteiger partial charge in [-0.1, -0.05) is 17.7 Å². The molecule has 242 valence electrons. The first-order valence-electron chi connectivity index (χ1n) is 15.0. The Morgan fingerprint density at radius 3 is 2.33 bits per heavy atom. The number of nitrogens with zero attached hydrogens (tertiary/aromatic N) is 3. The molecular weight excluding hydrogens is 621 g/mol. The largest absolute Gasteiger partial charge is 0.495 e. The highest BCUT2D eigenvalue weighted by Crippen LogP contribution is 2.54. The highest BCUT2D eigenvalue weighted by Gasteiger charge is 2.57. The van der Waals surface area contributed by atoms with Gasteiger partial charge in [0.1, 0.15) is 22.7 Å². The summed E-state index contributed by atoms with van der Waals surface area (Å²) in [5.74, 6) is -0.863. The van der Waals surface area contributed by atoms with Crippen molar-refractivity contribution in [3.05, 3.63) is 82.1 Å². The summed E-state index contributed by atoms with van der Waals surface area (Å²) < 4.78 is 56.5. The van der Waals surface area contributed by atoms with Crippen molar-refractivity contribution < 1.29 is 32.2 Å². The van der Waals surface area contributed by atoms with Gasteiger partial charge < -0.3 is 24.4 Å². The number of fused-ring (bicyclic) bond motifs is 1. The molecule has 1 N–H and O–H groups in total. The molecule has 0 radical (unpaired) electrons. The second-order valence-corrected chi connectivity index (χ2v) is 14.0. The molecule has 1 fully saturated rings. The molecule has 2 aliphatic rings. The Morgan fingerprint density at radius 1 is 1.02 bits per heavy atom. The van der Waals surface area contributed by atoms with Crippen molar-refractivity contribution in [2.45, 2.75) is 49.7 Å². The third kappa shape index (κ3) is 6.29. The van der Waals surface area contributed by atoms with Gasteiger partial charge in [0, 0.05) is 37.8 Å². The molecule has 0 aliphatic carbocycles. The number of rotatable bonds is 11. The molecule has 5 rings (SSSR count). The number of carbonyl (C=O) groups is 1. The molecule has 3 aromatic rings. The first-order chi connectivity index (χ1) is 21.4. The molecule has 0 bridgehead atoms. The van der Waals surface area contributed by atoms with Crippen molar-refractivity contribution in [1.29, 1.82) is 0 Å². The Labute approximate surface area is 269 Å². The van der Waals surface area contributed by atoms with Gasteiger partial charge >= 0.3 is 0 Å². The number of aliphatic hydroxyl groups is 1. The number of piperazine rings is 1. The van der Waals surface area contributed by atoms with Gasteiger partial charge in [-0.3, -0.25) is 4.79 Å². The van der Waals surface area contributed by atoms with Crippen molar-refractivity contribution in [3.8, 4) is 11.5 Å². The molecule has 1 amide bonds. The Morgan fingerprint density at radius 2 is 1.71 bits per heavy atom. The lowest BCUT2D eigenvalue weighted by Crippen LogP contribution is -2.46. The summed E-state index contributed by atoms with van der Waals surface area (Å²) in [5.41, 5.74) is -1.08. The minimum Gasteiger partial charge on any atom is -0.495 e. The molecule has 2 aliphatic heterocycles. The fourth-order valence-electron chi connectivity index (χ4n) is 6.19. The molecule has 9 nitrogen and oxygen atoms in total. The topological polar surface area (TPSA) is 99.6 Å². The normalized spacial score (nSPS) is 19.3. The zero-order valence-electron chi connectivity index (χ0n) is 25.9. The maximum atomic E-state index is 15.9. The van der Waals surface area contributed by atoms with E-state index in [-0.39, 0.29) is 51.6 Å². The summed E-state index contributed by atoms with van der Waals surface area (Å²) in [5, 5.41) is 10.1. The van der Waals surface area contributed by atoms with Gasteiger partial charge in [-0.25, -0.2) is 17.1 Å². The van der Waals surface area contributed by atoms with Crippen LogP contribution in [0.3, 0.4) is 0 Å². The van der Waals surface area contributed by atoms with Crippen LogP contribution in [0.1, 0.15) is 43.4 Å². The zero-order valence-corrected chi connectivity index (χ0v) is 27.5. The van der Waals surface area contributed by atoms with Gasteiger partial charge in [0.15, 0.2) is 0 Å². The van der Waals surface area contributed by atoms with Crippen LogP contribution in [0.2, 0.25) is 5.02 Å². The first kappa shape index (κ1) is 33.2. The van der Waals surface area contributed by atoms with Gasteiger partial charge in [0.05, 0.1) is 35.4 Å². The Kier molecular flexibility index (Phi) is 9.76. The number of sulfonamides is 1. The molecule has 1 saturated heterocycles. The molecule has 0 aromatic heterocycles. The van der Waals surface area contributed by atoms with Gasteiger partial charge in [-0.05, 0) is 93.9 Å². The number of benzene rings is 3. The number of amides is 1. The quantitative estimate of drug-likeness (QED) is 0.313. The predicted molar refractivity (Wildman–Crippen MR) is 171 cm³/mol. The van der Waals surface area contributed by atoms with E-state index in [1.165, 1.54) is 61.7 Å². The highest BCUT2D eigenvalue weighted by atomic mass is 35.5. The number of anilines is 1. The SMILES string of the molecule is COc1cc2c(cc1Cl)C(CCCN1CCN(C)CC1)(c1cc(CO)ccc1F)C(=O)N2S(=O)(=O)c1ccc(OC(C)C)cc1. The Hall–Kier alpha value is -3.22. The maximum Gasteiger partial charge on any atom is 0.270 e. The maximum absolute atomic E-state index is 15.9. The number of hydrogen-bond acceptors (Lipinski definition) is 8. The molecular formula is C33H39ClFN3O6S. The van der Waals surface area contributed by atoms with E-state index in [2.05, 4.69) is 16.8 Å². The van der Waals surface area contributed by atoms with Crippen LogP contribution in [-0.2, 0) is 26.8 Å². The number of likely N-dealkylation sites (N-methyl/N-ethyl adjacent to an activating group) is 1. The number of hydrogen-bond donors (Lipinski definition) is 1. The number of ether oxygens (including phenoxy) is 2. The van der Waals surface area contributed by atoms with Gasteiger partial charge in [0.25, 0.3) is 15.9 Å². The molecule has 0 saturated carbocycles. The lowest BCUT2D eigenvalue weighted by Gasteiger charge is -2.34. The van der Waals surface area contributed by atoms with Crippen molar-refractivity contribution >= 4 is 33.2 Å². The van der Waals surface area contributed by atoms with E-state index in [4.69, 9.17) is 21.1 Å². The average molecular weight is 660 g/mol. The van der Waals surface area contributed by atoms with Crippen molar-refractivity contribution in [1.82, 2.24) is 9.80 Å². The van der Waals surface area contributed by atoms with E-state index in [9.17, 15) is 18.3 Å². The smallest absolute Gasteiger partial charge is 0.270 e. The van der Waals surface area contributed by atoms with Crippen LogP contribution < -0.4 is 13.8 Å². The predicted octanol–water partition coefficient (Wildman–Crippen LogP) is 4.82. The van der Waals surface area contributed by atoms with Gasteiger partial charge in [0.2, 0.25) is 0 Å². The van der Waals surface area contributed by atoms with E-state index in [1.807, 2.05) is 13.8 Å². The van der Waals surface area contributed by atoms with E-state index >= 15 is 4.39 Å². The lowest BCUT2D eigenvalue weighted by molar-refractivity contribution is -0.121. The number of aliphatic hydroxyl groups excluding tert-OH is 1. The molecule has 2 heterocycles.